The van der Waals surface area contributed by atoms with Gasteiger partial charge in [0, 0.05) is 16.3 Å². The van der Waals surface area contributed by atoms with Gasteiger partial charge < -0.3 is 14.8 Å². The van der Waals surface area contributed by atoms with Crippen LogP contribution >= 0.6 is 23.4 Å². The molecule has 1 amide bonds. The number of fused-ring (bicyclic) bond motifs is 1. The molecular weight excluding hydrogens is 353 g/mol. The van der Waals surface area contributed by atoms with E-state index in [0.717, 1.165) is 11.3 Å². The second kappa shape index (κ2) is 7.77. The number of amides is 1. The van der Waals surface area contributed by atoms with Crippen molar-refractivity contribution in [3.63, 3.8) is 0 Å². The molecule has 0 saturated heterocycles. The summed E-state index contributed by atoms with van der Waals surface area (Å²) < 4.78 is 24.8. The van der Waals surface area contributed by atoms with E-state index in [4.69, 9.17) is 21.1 Å². The molecule has 4 nitrogen and oxygen atoms in total. The second-order valence-corrected chi connectivity index (χ2v) is 6.61. The zero-order valence-electron chi connectivity index (χ0n) is 12.7. The highest BCUT2D eigenvalue weighted by Gasteiger charge is 2.12. The number of halogens is 2. The van der Waals surface area contributed by atoms with Gasteiger partial charge in [-0.1, -0.05) is 11.6 Å². The summed E-state index contributed by atoms with van der Waals surface area (Å²) in [6, 6.07) is 9.57. The molecule has 7 heteroatoms. The first-order valence-electron chi connectivity index (χ1n) is 7.39. The monoisotopic (exact) mass is 367 g/mol. The van der Waals surface area contributed by atoms with Gasteiger partial charge in [-0.05, 0) is 36.4 Å². The lowest BCUT2D eigenvalue weighted by atomic mass is 10.3. The molecule has 0 bridgehead atoms. The van der Waals surface area contributed by atoms with E-state index < -0.39 is 5.82 Å². The predicted molar refractivity (Wildman–Crippen MR) is 92.8 cm³/mol. The molecule has 24 heavy (non-hydrogen) atoms. The number of hydrogen-bond acceptors (Lipinski definition) is 4. The van der Waals surface area contributed by atoms with Crippen molar-refractivity contribution in [1.29, 1.82) is 0 Å². The van der Waals surface area contributed by atoms with Gasteiger partial charge in [0.05, 0.1) is 24.7 Å². The molecular formula is C17H15ClFNO3S. The van der Waals surface area contributed by atoms with Gasteiger partial charge in [-0.3, -0.25) is 4.79 Å². The van der Waals surface area contributed by atoms with Crippen LogP contribution in [-0.4, -0.2) is 24.9 Å². The van der Waals surface area contributed by atoms with E-state index in [-0.39, 0.29) is 17.3 Å². The van der Waals surface area contributed by atoms with Gasteiger partial charge in [-0.25, -0.2) is 4.39 Å². The molecule has 3 rings (SSSR count). The molecule has 1 aliphatic heterocycles. The van der Waals surface area contributed by atoms with Crippen molar-refractivity contribution in [3.8, 4) is 11.5 Å². The quantitative estimate of drug-likeness (QED) is 0.815. The third-order valence-electron chi connectivity index (χ3n) is 3.29. The average Bonchev–Trinajstić information content (AvgIpc) is 2.81. The summed E-state index contributed by atoms with van der Waals surface area (Å²) in [7, 11) is 0. The summed E-state index contributed by atoms with van der Waals surface area (Å²) in [4.78, 5) is 12.9. The molecule has 2 aromatic carbocycles. The standard InChI is InChI=1S/C17H15ClFNO3S/c18-11-2-4-13(19)14(8-11)20-17(21)10-24-12-3-5-15-16(9-12)23-7-1-6-22-15/h2-5,8-9H,1,6-7,10H2,(H,20,21). The largest absolute Gasteiger partial charge is 0.490 e. The van der Waals surface area contributed by atoms with E-state index >= 15 is 0 Å². The van der Waals surface area contributed by atoms with E-state index in [9.17, 15) is 9.18 Å². The number of benzene rings is 2. The summed E-state index contributed by atoms with van der Waals surface area (Å²) in [5.41, 5.74) is 0.0757. The van der Waals surface area contributed by atoms with Gasteiger partial charge in [0.15, 0.2) is 11.5 Å². The fraction of sp³-hybridized carbons (Fsp3) is 0.235. The highest BCUT2D eigenvalue weighted by molar-refractivity contribution is 8.00. The zero-order chi connectivity index (χ0) is 16.9. The third kappa shape index (κ3) is 4.33. The fourth-order valence-corrected chi connectivity index (χ4v) is 3.06. The molecule has 1 N–H and O–H groups in total. The lowest BCUT2D eigenvalue weighted by Crippen LogP contribution is -2.15. The minimum atomic E-state index is -0.520. The number of rotatable bonds is 4. The van der Waals surface area contributed by atoms with Crippen LogP contribution in [0.15, 0.2) is 41.3 Å². The van der Waals surface area contributed by atoms with Crippen molar-refractivity contribution in [1.82, 2.24) is 0 Å². The highest BCUT2D eigenvalue weighted by atomic mass is 35.5. The van der Waals surface area contributed by atoms with Crippen molar-refractivity contribution in [2.75, 3.05) is 24.3 Å². The van der Waals surface area contributed by atoms with Crippen LogP contribution in [0.4, 0.5) is 10.1 Å². The molecule has 2 aromatic rings. The summed E-state index contributed by atoms with van der Waals surface area (Å²) in [5, 5.41) is 2.88. The maximum atomic E-state index is 13.6. The summed E-state index contributed by atoms with van der Waals surface area (Å²) in [6.07, 6.45) is 0.838. The highest BCUT2D eigenvalue weighted by Crippen LogP contribution is 2.34. The SMILES string of the molecule is O=C(CSc1ccc2c(c1)OCCCO2)Nc1cc(Cl)ccc1F. The Morgan fingerprint density at radius 2 is 1.96 bits per heavy atom. The maximum absolute atomic E-state index is 13.6. The smallest absolute Gasteiger partial charge is 0.234 e. The van der Waals surface area contributed by atoms with Crippen LogP contribution in [0.3, 0.4) is 0 Å². The van der Waals surface area contributed by atoms with Crippen molar-refractivity contribution < 1.29 is 18.7 Å². The molecule has 0 unspecified atom stereocenters. The Morgan fingerprint density at radius 1 is 1.17 bits per heavy atom. The van der Waals surface area contributed by atoms with Gasteiger partial charge in [-0.15, -0.1) is 11.8 Å². The topological polar surface area (TPSA) is 47.6 Å². The first kappa shape index (κ1) is 16.9. The van der Waals surface area contributed by atoms with Crippen LogP contribution in [0, 0.1) is 5.82 Å². The summed E-state index contributed by atoms with van der Waals surface area (Å²) in [6.45, 7) is 1.24. The molecule has 1 aliphatic rings. The Kier molecular flexibility index (Phi) is 5.48. The van der Waals surface area contributed by atoms with E-state index in [0.29, 0.717) is 29.7 Å². The Balaban J connectivity index is 1.60. The normalized spacial score (nSPS) is 13.2. The lowest BCUT2D eigenvalue weighted by Gasteiger charge is -2.10. The Labute approximate surface area is 148 Å². The van der Waals surface area contributed by atoms with E-state index in [1.165, 1.54) is 30.0 Å². The van der Waals surface area contributed by atoms with Crippen molar-refractivity contribution in [2.45, 2.75) is 11.3 Å². The number of carbonyl (C=O) groups excluding carboxylic acids is 1. The molecule has 0 atom stereocenters. The van der Waals surface area contributed by atoms with Crippen LogP contribution in [0.25, 0.3) is 0 Å². The van der Waals surface area contributed by atoms with Crippen molar-refractivity contribution in [3.05, 3.63) is 47.2 Å². The van der Waals surface area contributed by atoms with Gasteiger partial charge in [0.1, 0.15) is 5.82 Å². The molecule has 126 valence electrons. The molecule has 0 saturated carbocycles. The number of ether oxygens (including phenoxy) is 2. The lowest BCUT2D eigenvalue weighted by molar-refractivity contribution is -0.113. The predicted octanol–water partition coefficient (Wildman–Crippen LogP) is 4.37. The van der Waals surface area contributed by atoms with Crippen LogP contribution in [0.5, 0.6) is 11.5 Å². The molecule has 0 radical (unpaired) electrons. The fourth-order valence-electron chi connectivity index (χ4n) is 2.16. The second-order valence-electron chi connectivity index (χ2n) is 5.12. The minimum absolute atomic E-state index is 0.0757. The number of hydrogen-bond donors (Lipinski definition) is 1. The number of carbonyl (C=O) groups is 1. The number of anilines is 1. The summed E-state index contributed by atoms with van der Waals surface area (Å²) >= 11 is 7.14. The molecule has 0 spiro atoms. The Morgan fingerprint density at radius 3 is 2.79 bits per heavy atom. The van der Waals surface area contributed by atoms with E-state index in [1.54, 1.807) is 0 Å². The van der Waals surface area contributed by atoms with Gasteiger partial charge in [0.25, 0.3) is 0 Å². The first-order chi connectivity index (χ1) is 11.6. The number of nitrogens with one attached hydrogen (secondary N) is 1. The van der Waals surface area contributed by atoms with Gasteiger partial charge in [0.2, 0.25) is 5.91 Å². The van der Waals surface area contributed by atoms with E-state index in [1.807, 2.05) is 18.2 Å². The Bertz CT molecular complexity index is 757. The molecule has 0 aromatic heterocycles. The van der Waals surface area contributed by atoms with Crippen LogP contribution in [0.1, 0.15) is 6.42 Å². The zero-order valence-corrected chi connectivity index (χ0v) is 14.3. The van der Waals surface area contributed by atoms with Gasteiger partial charge >= 0.3 is 0 Å². The maximum Gasteiger partial charge on any atom is 0.234 e. The minimum Gasteiger partial charge on any atom is -0.490 e. The van der Waals surface area contributed by atoms with Crippen LogP contribution in [0.2, 0.25) is 5.02 Å². The average molecular weight is 368 g/mol. The van der Waals surface area contributed by atoms with Crippen molar-refractivity contribution in [2.24, 2.45) is 0 Å². The van der Waals surface area contributed by atoms with Crippen LogP contribution in [-0.2, 0) is 4.79 Å². The van der Waals surface area contributed by atoms with Gasteiger partial charge in [-0.2, -0.15) is 0 Å². The molecule has 0 fully saturated rings. The third-order valence-corrected chi connectivity index (χ3v) is 4.52. The van der Waals surface area contributed by atoms with E-state index in [2.05, 4.69) is 5.32 Å². The summed E-state index contributed by atoms with van der Waals surface area (Å²) in [5.74, 6) is 0.702. The number of thioether (sulfide) groups is 1. The first-order valence-corrected chi connectivity index (χ1v) is 8.75. The molecule has 1 heterocycles. The van der Waals surface area contributed by atoms with Crippen LogP contribution < -0.4 is 14.8 Å². The molecule has 0 aliphatic carbocycles. The van der Waals surface area contributed by atoms with Crippen molar-refractivity contribution >= 4 is 35.0 Å². The Hall–Kier alpha value is -1.92.